The van der Waals surface area contributed by atoms with E-state index in [1.54, 1.807) is 0 Å². The van der Waals surface area contributed by atoms with Crippen molar-refractivity contribution in [1.82, 2.24) is 0 Å². The van der Waals surface area contributed by atoms with Crippen LogP contribution < -0.4 is 5.73 Å². The highest BCUT2D eigenvalue weighted by Crippen LogP contribution is 2.05. The van der Waals surface area contributed by atoms with Crippen LogP contribution in [0.25, 0.3) is 0 Å². The van der Waals surface area contributed by atoms with Crippen LogP contribution in [0.5, 0.6) is 0 Å². The summed E-state index contributed by atoms with van der Waals surface area (Å²) in [7, 11) is 0. The van der Waals surface area contributed by atoms with Gasteiger partial charge < -0.3 is 35.6 Å². The molecule has 13 heteroatoms. The number of esters is 2. The lowest BCUT2D eigenvalue weighted by molar-refractivity contribution is -0.176. The summed E-state index contributed by atoms with van der Waals surface area (Å²) >= 11 is 0. The van der Waals surface area contributed by atoms with E-state index in [-0.39, 0.29) is 0 Å². The Morgan fingerprint density at radius 1 is 0.750 bits per heavy atom. The molecule has 13 nitrogen and oxygen atoms in total. The highest BCUT2D eigenvalue weighted by atomic mass is 16.6. The molecule has 1 atom stereocenters. The third kappa shape index (κ3) is 6.69. The molecule has 0 amide bonds. The van der Waals surface area contributed by atoms with Crippen LogP contribution in [0, 0.1) is 0 Å². The molecular weight excluding hydrogens is 338 g/mol. The first-order chi connectivity index (χ1) is 11.0. The predicted molar refractivity (Wildman–Crippen MR) is 67.5 cm³/mol. The van der Waals surface area contributed by atoms with Crippen LogP contribution in [0.1, 0.15) is 12.8 Å². The van der Waals surface area contributed by atoms with Crippen molar-refractivity contribution in [3.05, 3.63) is 0 Å². The van der Waals surface area contributed by atoms with Crippen LogP contribution in [-0.2, 0) is 38.2 Å². The van der Waals surface area contributed by atoms with Crippen LogP contribution in [0.3, 0.4) is 0 Å². The Morgan fingerprint density at radius 2 is 1.12 bits per heavy atom. The molecule has 1 unspecified atom stereocenters. The molecule has 0 bridgehead atoms. The summed E-state index contributed by atoms with van der Waals surface area (Å²) in [6, 6.07) is -1.62. The van der Waals surface area contributed by atoms with Gasteiger partial charge in [-0.15, -0.1) is 0 Å². The van der Waals surface area contributed by atoms with Gasteiger partial charge in [0.05, 0.1) is 0 Å². The fraction of sp³-hybridized carbons (Fsp3) is 0.455. The molecule has 0 fully saturated rings. The minimum Gasteiger partial charge on any atom is -0.478 e. The van der Waals surface area contributed by atoms with E-state index in [0.29, 0.717) is 0 Å². The first kappa shape index (κ1) is 20.8. The lowest BCUT2D eigenvalue weighted by Crippen LogP contribution is -2.41. The average Bonchev–Trinajstić information content (AvgIpc) is 2.45. The Bertz CT molecular complexity index is 527. The van der Waals surface area contributed by atoms with Crippen LogP contribution in [0.15, 0.2) is 0 Å². The molecule has 0 spiro atoms. The maximum atomic E-state index is 11.4. The Kier molecular flexibility index (Phi) is 7.83. The van der Waals surface area contributed by atoms with Crippen molar-refractivity contribution in [2.75, 3.05) is 0 Å². The quantitative estimate of drug-likeness (QED) is 0.199. The summed E-state index contributed by atoms with van der Waals surface area (Å²) in [4.78, 5) is 64.7. The number of aliphatic carboxylic acids is 4. The SMILES string of the molecule is NC(CCC(=O)OC(C(=O)O)C(=O)O)C(=O)OC(C(=O)O)C(=O)O. The number of rotatable bonds is 10. The van der Waals surface area contributed by atoms with Gasteiger partial charge in [0, 0.05) is 6.42 Å². The summed E-state index contributed by atoms with van der Waals surface area (Å²) in [5, 5.41) is 34.0. The standard InChI is InChI=1S/C11H13NO12/c12-3(11(22)24-6(9(18)19)10(20)21)1-2-4(13)23-5(7(14)15)8(16)17/h3,5-6H,1-2,12H2,(H,14,15)(H,16,17)(H,18,19)(H,20,21). The van der Waals surface area contributed by atoms with Gasteiger partial charge in [0.25, 0.3) is 12.2 Å². The maximum absolute atomic E-state index is 11.4. The van der Waals surface area contributed by atoms with Gasteiger partial charge in [-0.1, -0.05) is 0 Å². The van der Waals surface area contributed by atoms with E-state index in [1.165, 1.54) is 0 Å². The number of carboxylic acids is 4. The number of nitrogens with two attached hydrogens (primary N) is 1. The van der Waals surface area contributed by atoms with E-state index < -0.39 is 66.9 Å². The average molecular weight is 351 g/mol. The van der Waals surface area contributed by atoms with E-state index in [9.17, 15) is 28.8 Å². The van der Waals surface area contributed by atoms with Crippen molar-refractivity contribution >= 4 is 35.8 Å². The molecule has 0 heterocycles. The normalized spacial score (nSPS) is 11.6. The third-order valence-electron chi connectivity index (χ3n) is 2.34. The summed E-state index contributed by atoms with van der Waals surface area (Å²) in [5.41, 5.74) is 5.26. The molecule has 24 heavy (non-hydrogen) atoms. The molecule has 0 aliphatic carbocycles. The number of carboxylic acid groups (broad SMARTS) is 4. The second kappa shape index (κ2) is 9.04. The zero-order valence-corrected chi connectivity index (χ0v) is 11.8. The molecule has 0 radical (unpaired) electrons. The fourth-order valence-corrected chi connectivity index (χ4v) is 1.20. The maximum Gasteiger partial charge on any atom is 0.356 e. The van der Waals surface area contributed by atoms with Gasteiger partial charge in [-0.25, -0.2) is 19.2 Å². The van der Waals surface area contributed by atoms with E-state index in [2.05, 4.69) is 9.47 Å². The number of carbonyl (C=O) groups is 6. The summed E-state index contributed by atoms with van der Waals surface area (Å²) in [6.07, 6.45) is -6.16. The van der Waals surface area contributed by atoms with Crippen molar-refractivity contribution in [3.8, 4) is 0 Å². The Labute approximate surface area is 132 Å². The number of hydrogen-bond acceptors (Lipinski definition) is 9. The molecule has 0 aromatic heterocycles. The smallest absolute Gasteiger partial charge is 0.356 e. The molecule has 0 saturated carbocycles. The summed E-state index contributed by atoms with van der Waals surface area (Å²) < 4.78 is 8.25. The summed E-state index contributed by atoms with van der Waals surface area (Å²) in [5.74, 6) is -10.5. The Hall–Kier alpha value is -3.22. The van der Waals surface area contributed by atoms with Gasteiger partial charge >= 0.3 is 35.8 Å². The van der Waals surface area contributed by atoms with E-state index in [1.807, 2.05) is 0 Å². The highest BCUT2D eigenvalue weighted by molar-refractivity contribution is 5.99. The lowest BCUT2D eigenvalue weighted by Gasteiger charge is -2.14. The molecule has 0 saturated heterocycles. The van der Waals surface area contributed by atoms with Crippen LogP contribution in [-0.4, -0.2) is 74.5 Å². The van der Waals surface area contributed by atoms with Gasteiger partial charge in [-0.3, -0.25) is 9.59 Å². The van der Waals surface area contributed by atoms with Crippen molar-refractivity contribution < 1.29 is 58.7 Å². The summed E-state index contributed by atoms with van der Waals surface area (Å²) in [6.45, 7) is 0. The molecule has 0 rings (SSSR count). The van der Waals surface area contributed by atoms with Crippen LogP contribution in [0.4, 0.5) is 0 Å². The third-order valence-corrected chi connectivity index (χ3v) is 2.34. The highest BCUT2D eigenvalue weighted by Gasteiger charge is 2.33. The zero-order valence-electron chi connectivity index (χ0n) is 11.8. The fourth-order valence-electron chi connectivity index (χ4n) is 1.20. The molecular formula is C11H13NO12. The van der Waals surface area contributed by atoms with Crippen molar-refractivity contribution in [1.29, 1.82) is 0 Å². The second-order valence-electron chi connectivity index (χ2n) is 4.18. The topological polar surface area (TPSA) is 228 Å². The molecule has 0 aliphatic heterocycles. The molecule has 134 valence electrons. The number of carbonyl (C=O) groups excluding carboxylic acids is 2. The van der Waals surface area contributed by atoms with E-state index in [4.69, 9.17) is 26.2 Å². The lowest BCUT2D eigenvalue weighted by atomic mass is 10.1. The monoisotopic (exact) mass is 351 g/mol. The van der Waals surface area contributed by atoms with Crippen molar-refractivity contribution in [2.45, 2.75) is 31.1 Å². The first-order valence-corrected chi connectivity index (χ1v) is 6.04. The van der Waals surface area contributed by atoms with Crippen molar-refractivity contribution in [3.63, 3.8) is 0 Å². The minimum atomic E-state index is -2.49. The second-order valence-corrected chi connectivity index (χ2v) is 4.18. The molecule has 6 N–H and O–H groups in total. The van der Waals surface area contributed by atoms with Gasteiger partial charge in [0.15, 0.2) is 0 Å². The van der Waals surface area contributed by atoms with Gasteiger partial charge in [0.2, 0.25) is 0 Å². The van der Waals surface area contributed by atoms with E-state index in [0.717, 1.165) is 0 Å². The van der Waals surface area contributed by atoms with Gasteiger partial charge in [-0.2, -0.15) is 0 Å². The predicted octanol–water partition coefficient (Wildman–Crippen LogP) is -2.74. The molecule has 0 aliphatic rings. The number of hydrogen-bond donors (Lipinski definition) is 5. The van der Waals surface area contributed by atoms with Crippen LogP contribution >= 0.6 is 0 Å². The molecule has 0 aromatic rings. The van der Waals surface area contributed by atoms with Crippen LogP contribution in [0.2, 0.25) is 0 Å². The Morgan fingerprint density at radius 3 is 1.50 bits per heavy atom. The number of ether oxygens (including phenoxy) is 2. The van der Waals surface area contributed by atoms with E-state index >= 15 is 0 Å². The minimum absolute atomic E-state index is 0.532. The first-order valence-electron chi connectivity index (χ1n) is 6.04. The zero-order chi connectivity index (χ0) is 19.0. The Balaban J connectivity index is 4.54. The van der Waals surface area contributed by atoms with Gasteiger partial charge in [0.1, 0.15) is 6.04 Å². The molecule has 0 aromatic carbocycles. The van der Waals surface area contributed by atoms with Crippen molar-refractivity contribution in [2.24, 2.45) is 5.73 Å². The van der Waals surface area contributed by atoms with Gasteiger partial charge in [-0.05, 0) is 6.42 Å². The largest absolute Gasteiger partial charge is 0.478 e.